The molecular weight excluding hydrogens is 526 g/mol. The zero-order valence-electron chi connectivity index (χ0n) is 19.3. The molecule has 0 saturated heterocycles. The van der Waals surface area contributed by atoms with Gasteiger partial charge in [-0.1, -0.05) is 18.2 Å². The van der Waals surface area contributed by atoms with Crippen molar-refractivity contribution in [2.24, 2.45) is 0 Å². The Hall–Kier alpha value is -3.10. The summed E-state index contributed by atoms with van der Waals surface area (Å²) < 4.78 is 111. The molecule has 0 amide bonds. The minimum atomic E-state index is -4.69. The van der Waals surface area contributed by atoms with E-state index < -0.39 is 40.2 Å². The van der Waals surface area contributed by atoms with Gasteiger partial charge in [-0.2, -0.15) is 49.3 Å². The molecule has 14 heteroatoms. The van der Waals surface area contributed by atoms with Crippen LogP contribution in [0.25, 0.3) is 11.3 Å². The molecule has 4 rings (SSSR count). The fourth-order valence-electron chi connectivity index (χ4n) is 3.70. The summed E-state index contributed by atoms with van der Waals surface area (Å²) in [6.07, 6.45) is -8.36. The van der Waals surface area contributed by atoms with E-state index in [0.717, 1.165) is 12.1 Å². The maximum absolute atomic E-state index is 12.8. The fourth-order valence-corrected chi connectivity index (χ4v) is 4.97. The fraction of sp³-hybridized carbons (Fsp3) is 0.348. The summed E-state index contributed by atoms with van der Waals surface area (Å²) in [5.41, 5.74) is -0.242. The van der Waals surface area contributed by atoms with Gasteiger partial charge in [-0.3, -0.25) is 0 Å². The van der Waals surface area contributed by atoms with Gasteiger partial charge in [0.15, 0.2) is 0 Å². The molecule has 0 atom stereocenters. The van der Waals surface area contributed by atoms with Crippen molar-refractivity contribution < 1.29 is 39.5 Å². The highest BCUT2D eigenvalue weighted by atomic mass is 32.2. The van der Waals surface area contributed by atoms with E-state index in [1.807, 2.05) is 0 Å². The number of nitrogens with zero attached hydrogens (tertiary/aromatic N) is 2. The zero-order valence-corrected chi connectivity index (χ0v) is 20.1. The van der Waals surface area contributed by atoms with Crippen molar-refractivity contribution >= 4 is 10.2 Å². The molecule has 1 aliphatic rings. The Bertz CT molecular complexity index is 1360. The lowest BCUT2D eigenvalue weighted by Crippen LogP contribution is -2.45. The molecule has 2 N–H and O–H groups in total. The standard InChI is InChI=1S/C23H22F6N4O3S/c1-2-33-20(36-18-8-6-16(7-9-18)23(27,28)29)13-19(31-33)15-4-3-5-17(12-15)21(10-11-21)32-37(34,35)30-14-22(24,25)26/h3-9,12-13,30,32H,2,10-11,14H2,1H3. The van der Waals surface area contributed by atoms with Crippen LogP contribution in [0.1, 0.15) is 30.9 Å². The molecule has 0 aliphatic heterocycles. The number of aryl methyl sites for hydroxylation is 1. The SMILES string of the molecule is CCn1nc(-c2cccc(C3(NS(=O)(=O)NCC(F)(F)F)CC3)c2)cc1Oc1ccc(C(F)(F)F)cc1. The molecule has 0 spiro atoms. The average molecular weight is 549 g/mol. The second-order valence-electron chi connectivity index (χ2n) is 8.51. The number of ether oxygens (including phenoxy) is 1. The van der Waals surface area contributed by atoms with Gasteiger partial charge in [0.25, 0.3) is 10.2 Å². The molecule has 1 aromatic heterocycles. The molecule has 1 saturated carbocycles. The summed E-state index contributed by atoms with van der Waals surface area (Å²) in [7, 11) is -4.42. The van der Waals surface area contributed by atoms with E-state index in [4.69, 9.17) is 4.74 Å². The minimum Gasteiger partial charge on any atom is -0.439 e. The van der Waals surface area contributed by atoms with Crippen LogP contribution in [0.4, 0.5) is 26.3 Å². The van der Waals surface area contributed by atoms with Crippen LogP contribution in [-0.4, -0.2) is 30.9 Å². The normalized spacial score (nSPS) is 15.5. The number of benzene rings is 2. The van der Waals surface area contributed by atoms with Crippen LogP contribution in [0.15, 0.2) is 54.6 Å². The lowest BCUT2D eigenvalue weighted by atomic mass is 10.0. The van der Waals surface area contributed by atoms with Gasteiger partial charge >= 0.3 is 12.4 Å². The monoisotopic (exact) mass is 548 g/mol. The third-order valence-electron chi connectivity index (χ3n) is 5.70. The Morgan fingerprint density at radius 2 is 1.70 bits per heavy atom. The van der Waals surface area contributed by atoms with Gasteiger partial charge in [0, 0.05) is 18.2 Å². The Morgan fingerprint density at radius 3 is 2.27 bits per heavy atom. The number of hydrogen-bond acceptors (Lipinski definition) is 4. The molecule has 7 nitrogen and oxygen atoms in total. The maximum Gasteiger partial charge on any atom is 0.416 e. The van der Waals surface area contributed by atoms with E-state index in [1.165, 1.54) is 21.5 Å². The van der Waals surface area contributed by atoms with E-state index in [1.54, 1.807) is 37.3 Å². The Balaban J connectivity index is 1.54. The predicted molar refractivity (Wildman–Crippen MR) is 122 cm³/mol. The van der Waals surface area contributed by atoms with Crippen LogP contribution in [0, 0.1) is 0 Å². The molecule has 0 unspecified atom stereocenters. The van der Waals surface area contributed by atoms with Crippen LogP contribution in [0.2, 0.25) is 0 Å². The van der Waals surface area contributed by atoms with Crippen LogP contribution >= 0.6 is 0 Å². The number of aromatic nitrogens is 2. The number of halogens is 6. The Morgan fingerprint density at radius 1 is 1.03 bits per heavy atom. The first-order valence-electron chi connectivity index (χ1n) is 11.1. The topological polar surface area (TPSA) is 85.2 Å². The van der Waals surface area contributed by atoms with Crippen molar-refractivity contribution in [1.82, 2.24) is 19.2 Å². The summed E-state index contributed by atoms with van der Waals surface area (Å²) in [6.45, 7) is 0.508. The molecule has 2 aromatic carbocycles. The molecule has 0 radical (unpaired) electrons. The third kappa shape index (κ3) is 6.62. The zero-order chi connectivity index (χ0) is 27.1. The van der Waals surface area contributed by atoms with Crippen LogP contribution < -0.4 is 14.2 Å². The van der Waals surface area contributed by atoms with Gasteiger partial charge < -0.3 is 4.74 Å². The lowest BCUT2D eigenvalue weighted by Gasteiger charge is -2.19. The smallest absolute Gasteiger partial charge is 0.416 e. The minimum absolute atomic E-state index is 0.181. The molecular formula is C23H22F6N4O3S. The van der Waals surface area contributed by atoms with E-state index in [2.05, 4.69) is 9.82 Å². The highest BCUT2D eigenvalue weighted by molar-refractivity contribution is 7.87. The van der Waals surface area contributed by atoms with Crippen molar-refractivity contribution in [3.05, 3.63) is 65.7 Å². The first kappa shape index (κ1) is 26.9. The summed E-state index contributed by atoms with van der Waals surface area (Å²) in [6, 6.07) is 12.6. The Kier molecular flexibility index (Phi) is 7.03. The second-order valence-corrected chi connectivity index (χ2v) is 10.0. The van der Waals surface area contributed by atoms with Gasteiger partial charge in [0.2, 0.25) is 5.88 Å². The summed E-state index contributed by atoms with van der Waals surface area (Å²) in [5, 5.41) is 4.46. The van der Waals surface area contributed by atoms with Gasteiger partial charge in [-0.25, -0.2) is 4.68 Å². The number of rotatable bonds is 9. The molecule has 0 bridgehead atoms. The highest BCUT2D eigenvalue weighted by Gasteiger charge is 2.48. The van der Waals surface area contributed by atoms with E-state index in [9.17, 15) is 34.8 Å². The second kappa shape index (κ2) is 9.65. The highest BCUT2D eigenvalue weighted by Crippen LogP contribution is 2.47. The molecule has 37 heavy (non-hydrogen) atoms. The summed E-state index contributed by atoms with van der Waals surface area (Å²) in [4.78, 5) is 0. The first-order chi connectivity index (χ1) is 17.2. The number of alkyl halides is 6. The molecule has 200 valence electrons. The molecule has 1 aliphatic carbocycles. The number of nitrogens with one attached hydrogen (secondary N) is 2. The van der Waals surface area contributed by atoms with Crippen LogP contribution in [0.5, 0.6) is 11.6 Å². The molecule has 1 fully saturated rings. The van der Waals surface area contributed by atoms with Gasteiger partial charge in [-0.05, 0) is 55.7 Å². The van der Waals surface area contributed by atoms with E-state index in [-0.39, 0.29) is 11.6 Å². The average Bonchev–Trinajstić information content (AvgIpc) is 3.47. The summed E-state index contributed by atoms with van der Waals surface area (Å²) >= 11 is 0. The summed E-state index contributed by atoms with van der Waals surface area (Å²) in [5.74, 6) is 0.460. The predicted octanol–water partition coefficient (Wildman–Crippen LogP) is 5.36. The van der Waals surface area contributed by atoms with Crippen molar-refractivity contribution in [2.45, 2.75) is 44.2 Å². The van der Waals surface area contributed by atoms with Crippen molar-refractivity contribution in [2.75, 3.05) is 6.54 Å². The molecule has 1 heterocycles. The van der Waals surface area contributed by atoms with E-state index >= 15 is 0 Å². The van der Waals surface area contributed by atoms with Gasteiger partial charge in [0.05, 0.1) is 16.8 Å². The van der Waals surface area contributed by atoms with Crippen molar-refractivity contribution in [3.63, 3.8) is 0 Å². The largest absolute Gasteiger partial charge is 0.439 e. The van der Waals surface area contributed by atoms with E-state index in [0.29, 0.717) is 36.2 Å². The van der Waals surface area contributed by atoms with Crippen molar-refractivity contribution in [1.29, 1.82) is 0 Å². The van der Waals surface area contributed by atoms with Crippen molar-refractivity contribution in [3.8, 4) is 22.9 Å². The maximum atomic E-state index is 12.8. The first-order valence-corrected chi connectivity index (χ1v) is 12.6. The van der Waals surface area contributed by atoms with Gasteiger partial charge in [0.1, 0.15) is 12.3 Å². The quantitative estimate of drug-likeness (QED) is 0.353. The third-order valence-corrected chi connectivity index (χ3v) is 6.88. The molecule has 3 aromatic rings. The van der Waals surface area contributed by atoms with Crippen LogP contribution in [-0.2, 0) is 28.5 Å². The number of hydrogen-bond donors (Lipinski definition) is 2. The van der Waals surface area contributed by atoms with Gasteiger partial charge in [-0.15, -0.1) is 0 Å². The lowest BCUT2D eigenvalue weighted by molar-refractivity contribution is -0.137. The van der Waals surface area contributed by atoms with Crippen LogP contribution in [0.3, 0.4) is 0 Å². The Labute approximate surface area is 208 Å².